The maximum absolute atomic E-state index is 4.98. The zero-order chi connectivity index (χ0) is 4.12. The second-order valence-corrected chi connectivity index (χ2v) is 1.87. The van der Waals surface area contributed by atoms with Crippen LogP contribution in [0.3, 0.4) is 0 Å². The van der Waals surface area contributed by atoms with Crippen LogP contribution in [0.2, 0.25) is 6.55 Å². The van der Waals surface area contributed by atoms with Crippen LogP contribution in [0, 0.1) is 10.9 Å². The van der Waals surface area contributed by atoms with Gasteiger partial charge in [-0.15, -0.1) is 5.54 Å². The summed E-state index contributed by atoms with van der Waals surface area (Å²) in [4.78, 5) is 0. The average Bonchev–Trinajstić information content (AvgIpc) is 1.41. The van der Waals surface area contributed by atoms with Gasteiger partial charge in [0.1, 0.15) is 9.52 Å². The molecule has 0 aliphatic carbocycles. The van der Waals surface area contributed by atoms with Gasteiger partial charge >= 0.3 is 0 Å². The molecule has 0 spiro atoms. The van der Waals surface area contributed by atoms with Crippen molar-refractivity contribution >= 4 is 21.1 Å². The Hall–Kier alpha value is 0.0669. The van der Waals surface area contributed by atoms with Gasteiger partial charge in [0.15, 0.2) is 0 Å². The molecule has 0 heterocycles. The fourth-order valence-electron chi connectivity index (χ4n) is 0.0668. The summed E-state index contributed by atoms with van der Waals surface area (Å²) in [5.74, 6) is 0. The lowest BCUT2D eigenvalue weighted by Crippen LogP contribution is -1.65. The van der Waals surface area contributed by atoms with Crippen LogP contribution in [-0.2, 0) is 0 Å². The van der Waals surface area contributed by atoms with Crippen molar-refractivity contribution in [2.45, 2.75) is 6.55 Å². The lowest BCUT2D eigenvalue weighted by molar-refractivity contribution is 2.32. The lowest BCUT2D eigenvalue weighted by atomic mass is 11.4. The summed E-state index contributed by atoms with van der Waals surface area (Å²) >= 11 is 4.98. The minimum Gasteiger partial charge on any atom is -0.123 e. The second-order valence-electron chi connectivity index (χ2n) is 0.625. The van der Waals surface area contributed by atoms with Crippen molar-refractivity contribution in [2.75, 3.05) is 0 Å². The molecule has 0 fully saturated rings. The van der Waals surface area contributed by atoms with Gasteiger partial charge in [0.05, 0.1) is 0 Å². The van der Waals surface area contributed by atoms with Crippen molar-refractivity contribution < 1.29 is 0 Å². The molecular weight excluding hydrogens is 99.6 g/mol. The Bertz CT molecular complexity index is 59.0. The normalized spacial score (nSPS) is 7.60. The Morgan fingerprint density at radius 3 is 2.40 bits per heavy atom. The van der Waals surface area contributed by atoms with Gasteiger partial charge in [0.25, 0.3) is 0 Å². The zero-order valence-corrected chi connectivity index (χ0v) is 5.26. The Morgan fingerprint density at radius 2 is 2.40 bits per heavy atom. The predicted octanol–water partition coefficient (Wildman–Crippen LogP) is 0.360. The third kappa shape index (κ3) is 4.07. The largest absolute Gasteiger partial charge is 0.123 e. The van der Waals surface area contributed by atoms with Gasteiger partial charge in [0, 0.05) is 0 Å². The highest BCUT2D eigenvalue weighted by Crippen LogP contribution is 1.58. The van der Waals surface area contributed by atoms with Crippen molar-refractivity contribution in [1.29, 1.82) is 0 Å². The molecule has 0 bridgehead atoms. The molecule has 2 heteroatoms. The summed E-state index contributed by atoms with van der Waals surface area (Å²) in [5.41, 5.74) is 2.77. The first kappa shape index (κ1) is 5.07. The maximum atomic E-state index is 4.98. The number of hydrogen-bond acceptors (Lipinski definition) is 0. The molecule has 0 unspecified atom stereocenters. The third-order valence-electron chi connectivity index (χ3n) is 0.244. The molecule has 0 nitrogen and oxygen atoms in total. The molecule has 0 atom stereocenters. The van der Waals surface area contributed by atoms with E-state index in [1.54, 1.807) is 0 Å². The van der Waals surface area contributed by atoms with E-state index in [9.17, 15) is 0 Å². The van der Waals surface area contributed by atoms with Crippen molar-refractivity contribution in [1.82, 2.24) is 0 Å². The van der Waals surface area contributed by atoms with Crippen LogP contribution in [0.15, 0.2) is 0 Å². The Balaban J connectivity index is 2.81. The van der Waals surface area contributed by atoms with Crippen LogP contribution >= 0.6 is 11.6 Å². The van der Waals surface area contributed by atoms with E-state index in [0.29, 0.717) is 0 Å². The minimum absolute atomic E-state index is 0.0791. The summed E-state index contributed by atoms with van der Waals surface area (Å²) in [7, 11) is -0.0791. The van der Waals surface area contributed by atoms with Gasteiger partial charge in [-0.1, -0.05) is 6.55 Å². The summed E-state index contributed by atoms with van der Waals surface area (Å²) in [6, 6.07) is 0. The summed E-state index contributed by atoms with van der Waals surface area (Å²) in [6.07, 6.45) is 0. The molecular formula is C3H5ClSi. The molecule has 0 aromatic rings. The van der Waals surface area contributed by atoms with Crippen LogP contribution in [0.25, 0.3) is 0 Å². The maximum Gasteiger partial charge on any atom is 0.105 e. The highest BCUT2D eigenvalue weighted by molar-refractivity contribution is 6.47. The van der Waals surface area contributed by atoms with E-state index < -0.39 is 0 Å². The SMILES string of the molecule is C[SiH2]C#CCl. The highest BCUT2D eigenvalue weighted by Gasteiger charge is 1.53. The lowest BCUT2D eigenvalue weighted by Gasteiger charge is -1.54. The van der Waals surface area contributed by atoms with E-state index in [1.807, 2.05) is 0 Å². The van der Waals surface area contributed by atoms with E-state index in [4.69, 9.17) is 11.6 Å². The summed E-state index contributed by atoms with van der Waals surface area (Å²) in [6.45, 7) is 2.09. The molecule has 0 aromatic heterocycles. The topological polar surface area (TPSA) is 0 Å². The molecule has 0 aromatic carbocycles. The van der Waals surface area contributed by atoms with E-state index >= 15 is 0 Å². The van der Waals surface area contributed by atoms with Crippen LogP contribution < -0.4 is 0 Å². The fourth-order valence-corrected chi connectivity index (χ4v) is 0.601. The second kappa shape index (κ2) is 4.07. The predicted molar refractivity (Wildman–Crippen MR) is 28.0 cm³/mol. The fraction of sp³-hybridized carbons (Fsp3) is 0.333. The van der Waals surface area contributed by atoms with Gasteiger partial charge in [0.2, 0.25) is 0 Å². The third-order valence-corrected chi connectivity index (χ3v) is 1.13. The van der Waals surface area contributed by atoms with Crippen molar-refractivity contribution in [3.05, 3.63) is 0 Å². The van der Waals surface area contributed by atoms with Crippen LogP contribution in [0.5, 0.6) is 0 Å². The minimum atomic E-state index is -0.0791. The van der Waals surface area contributed by atoms with Crippen LogP contribution in [0.1, 0.15) is 0 Å². The average molecular weight is 105 g/mol. The molecule has 0 aliphatic heterocycles. The zero-order valence-electron chi connectivity index (χ0n) is 3.09. The van der Waals surface area contributed by atoms with Gasteiger partial charge in [-0.3, -0.25) is 0 Å². The first-order valence-corrected chi connectivity index (χ1v) is 4.00. The van der Waals surface area contributed by atoms with Gasteiger partial charge in [-0.2, -0.15) is 0 Å². The molecule has 0 radical (unpaired) electrons. The molecule has 0 rings (SSSR count). The molecule has 5 heavy (non-hydrogen) atoms. The number of halogens is 1. The molecule has 0 aliphatic rings. The highest BCUT2D eigenvalue weighted by atomic mass is 35.5. The smallest absolute Gasteiger partial charge is 0.105 e. The van der Waals surface area contributed by atoms with Gasteiger partial charge in [-0.25, -0.2) is 0 Å². The number of hydrogen-bond donors (Lipinski definition) is 0. The molecule has 0 saturated carbocycles. The van der Waals surface area contributed by atoms with Crippen molar-refractivity contribution in [3.8, 4) is 10.9 Å². The van der Waals surface area contributed by atoms with Gasteiger partial charge in [-0.05, 0) is 17.0 Å². The van der Waals surface area contributed by atoms with Gasteiger partial charge < -0.3 is 0 Å². The van der Waals surface area contributed by atoms with Crippen LogP contribution in [-0.4, -0.2) is 9.52 Å². The standard InChI is InChI=1S/C3H5ClSi/c1-5-3-2-4/h5H2,1H3. The summed E-state index contributed by atoms with van der Waals surface area (Å²) in [5, 5.41) is 2.30. The Morgan fingerprint density at radius 1 is 1.80 bits per heavy atom. The molecule has 0 amide bonds. The first-order valence-electron chi connectivity index (χ1n) is 1.50. The first-order chi connectivity index (χ1) is 2.41. The summed E-state index contributed by atoms with van der Waals surface area (Å²) < 4.78 is 0. The molecule has 28 valence electrons. The van der Waals surface area contributed by atoms with E-state index in [-0.39, 0.29) is 9.52 Å². The molecule has 0 saturated heterocycles. The van der Waals surface area contributed by atoms with E-state index in [1.165, 1.54) is 0 Å². The van der Waals surface area contributed by atoms with E-state index in [2.05, 4.69) is 17.5 Å². The monoisotopic (exact) mass is 104 g/mol. The quantitative estimate of drug-likeness (QED) is 0.308. The Kier molecular flexibility index (Phi) is 4.12. The number of rotatable bonds is 0. The van der Waals surface area contributed by atoms with Crippen molar-refractivity contribution in [3.63, 3.8) is 0 Å². The molecule has 0 N–H and O–H groups in total. The Labute approximate surface area is 39.3 Å². The van der Waals surface area contributed by atoms with E-state index in [0.717, 1.165) is 0 Å². The van der Waals surface area contributed by atoms with Crippen molar-refractivity contribution in [2.24, 2.45) is 0 Å². The van der Waals surface area contributed by atoms with Crippen LogP contribution in [0.4, 0.5) is 0 Å².